The van der Waals surface area contributed by atoms with Crippen molar-refractivity contribution < 1.29 is 64.6 Å². The van der Waals surface area contributed by atoms with Gasteiger partial charge in [0.1, 0.15) is 48.8 Å². The molecule has 12 atom stereocenters. The van der Waals surface area contributed by atoms with Crippen molar-refractivity contribution in [2.24, 2.45) is 0 Å². The number of unbranched alkanes of at least 4 members (excludes halogenated alkanes) is 29. The van der Waals surface area contributed by atoms with Crippen molar-refractivity contribution >= 4 is 5.91 Å². The average molecular weight is 946 g/mol. The van der Waals surface area contributed by atoms with Crippen LogP contribution in [0.4, 0.5) is 0 Å². The summed E-state index contributed by atoms with van der Waals surface area (Å²) in [7, 11) is 0. The van der Waals surface area contributed by atoms with E-state index in [0.29, 0.717) is 6.42 Å². The third-order valence-corrected chi connectivity index (χ3v) is 13.5. The molecule has 2 aliphatic rings. The van der Waals surface area contributed by atoms with Crippen molar-refractivity contribution in [3.05, 3.63) is 12.2 Å². The molecule has 66 heavy (non-hydrogen) atoms. The molecule has 0 spiro atoms. The zero-order valence-corrected chi connectivity index (χ0v) is 41.5. The maximum Gasteiger partial charge on any atom is 0.220 e. The lowest BCUT2D eigenvalue weighted by Gasteiger charge is -2.46. The summed E-state index contributed by atoms with van der Waals surface area (Å²) in [6, 6.07) is -0.907. The van der Waals surface area contributed by atoms with E-state index in [2.05, 4.69) is 19.2 Å². The Morgan fingerprint density at radius 3 is 1.39 bits per heavy atom. The Hall–Kier alpha value is -1.27. The highest BCUT2D eigenvalue weighted by Crippen LogP contribution is 2.30. The minimum Gasteiger partial charge on any atom is -0.394 e. The van der Waals surface area contributed by atoms with Crippen LogP contribution in [0.25, 0.3) is 0 Å². The van der Waals surface area contributed by atoms with E-state index in [1.165, 1.54) is 154 Å². The van der Waals surface area contributed by atoms with Crippen LogP contribution in [0.15, 0.2) is 12.2 Å². The number of ether oxygens (including phenoxy) is 4. The molecule has 12 unspecified atom stereocenters. The molecule has 14 nitrogen and oxygen atoms in total. The number of hydrogen-bond acceptors (Lipinski definition) is 13. The van der Waals surface area contributed by atoms with Gasteiger partial charge in [0.25, 0.3) is 0 Å². The Morgan fingerprint density at radius 1 is 0.530 bits per heavy atom. The van der Waals surface area contributed by atoms with Crippen LogP contribution in [-0.4, -0.2) is 140 Å². The summed E-state index contributed by atoms with van der Waals surface area (Å²) in [4.78, 5) is 13.2. The van der Waals surface area contributed by atoms with Crippen LogP contribution < -0.4 is 5.32 Å². The first kappa shape index (κ1) is 60.9. The molecule has 390 valence electrons. The first-order valence-corrected chi connectivity index (χ1v) is 26.9. The van der Waals surface area contributed by atoms with Crippen molar-refractivity contribution in [1.29, 1.82) is 0 Å². The number of rotatable bonds is 42. The normalized spacial score (nSPS) is 26.8. The second-order valence-electron chi connectivity index (χ2n) is 19.4. The summed E-state index contributed by atoms with van der Waals surface area (Å²) in [6.45, 7) is 2.80. The monoisotopic (exact) mass is 946 g/mol. The molecule has 9 N–H and O–H groups in total. The molecule has 0 aromatic rings. The number of carbonyl (C=O) groups excluding carboxylic acids is 1. The van der Waals surface area contributed by atoms with Crippen LogP contribution >= 0.6 is 0 Å². The first-order chi connectivity index (χ1) is 32.1. The van der Waals surface area contributed by atoms with E-state index in [1.54, 1.807) is 6.08 Å². The zero-order chi connectivity index (χ0) is 48.2. The molecule has 14 heteroatoms. The van der Waals surface area contributed by atoms with Gasteiger partial charge in [-0.05, 0) is 19.3 Å². The Bertz CT molecular complexity index is 1160. The van der Waals surface area contributed by atoms with Crippen LogP contribution in [0, 0.1) is 0 Å². The molecule has 0 aliphatic carbocycles. The Balaban J connectivity index is 1.80. The van der Waals surface area contributed by atoms with Crippen molar-refractivity contribution in [1.82, 2.24) is 5.32 Å². The van der Waals surface area contributed by atoms with Crippen LogP contribution in [0.5, 0.6) is 0 Å². The maximum atomic E-state index is 13.2. The van der Waals surface area contributed by atoms with Crippen molar-refractivity contribution in [2.75, 3.05) is 19.8 Å². The largest absolute Gasteiger partial charge is 0.394 e. The molecule has 0 saturated carbocycles. The second kappa shape index (κ2) is 39.5. The average Bonchev–Trinajstić information content (AvgIpc) is 3.31. The number of hydrogen-bond donors (Lipinski definition) is 9. The summed E-state index contributed by atoms with van der Waals surface area (Å²) in [5, 5.41) is 86.8. The fourth-order valence-corrected chi connectivity index (χ4v) is 9.06. The highest BCUT2D eigenvalue weighted by molar-refractivity contribution is 5.76. The number of amides is 1. The Morgan fingerprint density at radius 2 is 0.939 bits per heavy atom. The predicted octanol–water partition coefficient (Wildman–Crippen LogP) is 7.55. The third kappa shape index (κ3) is 26.1. The minimum absolute atomic E-state index is 0.236. The quantitative estimate of drug-likeness (QED) is 0.0213. The van der Waals surface area contributed by atoms with E-state index >= 15 is 0 Å². The molecule has 0 bridgehead atoms. The van der Waals surface area contributed by atoms with Gasteiger partial charge in [-0.3, -0.25) is 4.79 Å². The van der Waals surface area contributed by atoms with E-state index < -0.39 is 86.8 Å². The smallest absolute Gasteiger partial charge is 0.220 e. The van der Waals surface area contributed by atoms with Gasteiger partial charge in [-0.25, -0.2) is 0 Å². The van der Waals surface area contributed by atoms with Gasteiger partial charge in [0.2, 0.25) is 5.91 Å². The fourth-order valence-electron chi connectivity index (χ4n) is 9.06. The highest BCUT2D eigenvalue weighted by atomic mass is 16.7. The van der Waals surface area contributed by atoms with Crippen molar-refractivity contribution in [3.8, 4) is 0 Å². The van der Waals surface area contributed by atoms with Gasteiger partial charge in [-0.1, -0.05) is 206 Å². The van der Waals surface area contributed by atoms with Crippen molar-refractivity contribution in [2.45, 2.75) is 293 Å². The van der Waals surface area contributed by atoms with Gasteiger partial charge in [0, 0.05) is 6.42 Å². The molecule has 2 rings (SSSR count). The predicted molar refractivity (Wildman–Crippen MR) is 259 cm³/mol. The number of carbonyl (C=O) groups is 1. The third-order valence-electron chi connectivity index (χ3n) is 13.5. The molecular weight excluding hydrogens is 847 g/mol. The second-order valence-corrected chi connectivity index (χ2v) is 19.4. The Labute approximate surface area is 399 Å². The number of aliphatic hydroxyl groups excluding tert-OH is 8. The lowest BCUT2D eigenvalue weighted by Crippen LogP contribution is -2.65. The molecule has 2 aliphatic heterocycles. The van der Waals surface area contributed by atoms with Gasteiger partial charge >= 0.3 is 0 Å². The molecule has 1 amide bonds. The fraction of sp³-hybridized carbons (Fsp3) is 0.942. The van der Waals surface area contributed by atoms with E-state index in [4.69, 9.17) is 18.9 Å². The van der Waals surface area contributed by atoms with Gasteiger partial charge in [-0.2, -0.15) is 0 Å². The van der Waals surface area contributed by atoms with Gasteiger partial charge in [0.15, 0.2) is 12.6 Å². The van der Waals surface area contributed by atoms with Crippen LogP contribution in [0.2, 0.25) is 0 Å². The summed E-state index contributed by atoms with van der Waals surface area (Å²) < 4.78 is 22.7. The van der Waals surface area contributed by atoms with Crippen LogP contribution in [0.3, 0.4) is 0 Å². The lowest BCUT2D eigenvalue weighted by atomic mass is 9.97. The first-order valence-electron chi connectivity index (χ1n) is 26.9. The SMILES string of the molecule is CCCCCCCCCCCCCC=CC(O)C(COC1OC(CO)C(OC2OC(CO)C(O)C(O)C2O)C(O)C1O)NC(=O)CCCCCCCCCCCCCCCCCCCCC. The molecule has 0 aromatic heterocycles. The summed E-state index contributed by atoms with van der Waals surface area (Å²) in [5.74, 6) is -0.236. The molecular formula is C52H99NO13. The Kier molecular flexibility index (Phi) is 36.4. The van der Waals surface area contributed by atoms with Gasteiger partial charge in [0.05, 0.1) is 32.0 Å². The molecule has 0 radical (unpaired) electrons. The number of nitrogens with one attached hydrogen (secondary N) is 1. The summed E-state index contributed by atoms with van der Waals surface area (Å²) in [5.41, 5.74) is 0. The van der Waals surface area contributed by atoms with Gasteiger partial charge in [-0.15, -0.1) is 0 Å². The van der Waals surface area contributed by atoms with E-state index in [1.807, 2.05) is 6.08 Å². The van der Waals surface area contributed by atoms with Crippen LogP contribution in [0.1, 0.15) is 219 Å². The molecule has 2 heterocycles. The molecule has 2 fully saturated rings. The summed E-state index contributed by atoms with van der Waals surface area (Å²) >= 11 is 0. The minimum atomic E-state index is -1.78. The molecule has 0 aromatic carbocycles. The number of allylic oxidation sites excluding steroid dienone is 1. The molecule has 2 saturated heterocycles. The van der Waals surface area contributed by atoms with Crippen molar-refractivity contribution in [3.63, 3.8) is 0 Å². The zero-order valence-electron chi connectivity index (χ0n) is 41.5. The van der Waals surface area contributed by atoms with E-state index in [-0.39, 0.29) is 18.9 Å². The maximum absolute atomic E-state index is 13.2. The number of aliphatic hydroxyl groups is 8. The standard InChI is InChI=1S/C52H99NO13/c1-3-5-7-9-11-13-15-17-18-19-20-21-22-24-26-28-30-32-34-36-44(57)53-40(41(56)35-33-31-29-27-25-23-16-14-12-10-8-6-4-2)39-63-51-49(62)47(60)50(43(38-55)65-51)66-52-48(61)46(59)45(58)42(37-54)64-52/h33,35,40-43,45-52,54-56,58-62H,3-32,34,36-39H2,1-2H3,(H,53,57). The van der Waals surface area contributed by atoms with E-state index in [0.717, 1.165) is 38.5 Å². The highest BCUT2D eigenvalue weighted by Gasteiger charge is 2.51. The van der Waals surface area contributed by atoms with Gasteiger partial charge < -0.3 is 65.1 Å². The van der Waals surface area contributed by atoms with E-state index in [9.17, 15) is 45.6 Å². The topological polar surface area (TPSA) is 228 Å². The summed E-state index contributed by atoms with van der Waals surface area (Å²) in [6.07, 6.45) is 25.3. The van der Waals surface area contributed by atoms with Crippen LogP contribution in [-0.2, 0) is 23.7 Å². The lowest BCUT2D eigenvalue weighted by molar-refractivity contribution is -0.359.